The molecule has 0 saturated heterocycles. The fourth-order valence-corrected chi connectivity index (χ4v) is 3.60. The first kappa shape index (κ1) is 17.5. The molecular weight excluding hydrogens is 334 g/mol. The van der Waals surface area contributed by atoms with Gasteiger partial charge in [-0.3, -0.25) is 14.5 Å². The summed E-state index contributed by atoms with van der Waals surface area (Å²) in [5.74, 6) is 2.51. The summed E-state index contributed by atoms with van der Waals surface area (Å²) in [6.07, 6.45) is 1.79. The smallest absolute Gasteiger partial charge is 0.261 e. The summed E-state index contributed by atoms with van der Waals surface area (Å²) in [5.41, 5.74) is 1.05. The van der Waals surface area contributed by atoms with Gasteiger partial charge in [-0.2, -0.15) is 11.8 Å². The topological polar surface area (TPSA) is 46.6 Å². The Morgan fingerprint density at radius 2 is 1.40 bits per heavy atom. The van der Waals surface area contributed by atoms with Crippen LogP contribution < -0.4 is 4.74 Å². The number of benzene rings is 2. The first-order valence-electron chi connectivity index (χ1n) is 8.48. The Labute approximate surface area is 152 Å². The second kappa shape index (κ2) is 8.72. The molecule has 0 bridgehead atoms. The number of nitrogens with zero attached hydrogens (tertiary/aromatic N) is 1. The van der Waals surface area contributed by atoms with Crippen LogP contribution in [0.4, 0.5) is 0 Å². The maximum absolute atomic E-state index is 12.2. The van der Waals surface area contributed by atoms with Crippen molar-refractivity contribution in [3.05, 3.63) is 65.7 Å². The van der Waals surface area contributed by atoms with Gasteiger partial charge in [0.05, 0.1) is 17.7 Å². The van der Waals surface area contributed by atoms with Crippen LogP contribution in [-0.4, -0.2) is 41.4 Å². The molecule has 1 aliphatic rings. The van der Waals surface area contributed by atoms with E-state index in [1.54, 1.807) is 24.3 Å². The number of amides is 2. The van der Waals surface area contributed by atoms with Crippen molar-refractivity contribution in [1.82, 2.24) is 4.90 Å². The molecular formula is C20H21NO3S. The number of hydrogen-bond donors (Lipinski definition) is 0. The maximum atomic E-state index is 12.2. The van der Waals surface area contributed by atoms with Crippen LogP contribution in [0.25, 0.3) is 0 Å². The van der Waals surface area contributed by atoms with Gasteiger partial charge in [0.15, 0.2) is 0 Å². The molecule has 25 heavy (non-hydrogen) atoms. The highest BCUT2D eigenvalue weighted by Gasteiger charge is 2.34. The van der Waals surface area contributed by atoms with Gasteiger partial charge in [-0.05, 0) is 48.6 Å². The summed E-state index contributed by atoms with van der Waals surface area (Å²) in [5, 5.41) is 0. The lowest BCUT2D eigenvalue weighted by atomic mass is 10.1. The molecule has 1 aliphatic heterocycles. The van der Waals surface area contributed by atoms with Crippen molar-refractivity contribution < 1.29 is 14.3 Å². The minimum atomic E-state index is -0.165. The SMILES string of the molecule is O=C1c2ccccc2C(=O)N1CCCSCCCOc1ccccc1. The summed E-state index contributed by atoms with van der Waals surface area (Å²) in [4.78, 5) is 25.8. The number of carbonyl (C=O) groups excluding carboxylic acids is 2. The lowest BCUT2D eigenvalue weighted by Gasteiger charge is -2.13. The number of ether oxygens (including phenoxy) is 1. The largest absolute Gasteiger partial charge is 0.494 e. The van der Waals surface area contributed by atoms with Crippen LogP contribution in [0.3, 0.4) is 0 Å². The number of fused-ring (bicyclic) bond motifs is 1. The van der Waals surface area contributed by atoms with Gasteiger partial charge in [0.2, 0.25) is 0 Å². The van der Waals surface area contributed by atoms with Crippen LogP contribution in [0.2, 0.25) is 0 Å². The Hall–Kier alpha value is -2.27. The number of hydrogen-bond acceptors (Lipinski definition) is 4. The van der Waals surface area contributed by atoms with Crippen molar-refractivity contribution in [3.63, 3.8) is 0 Å². The van der Waals surface area contributed by atoms with Gasteiger partial charge in [-0.25, -0.2) is 0 Å². The number of thioether (sulfide) groups is 1. The van der Waals surface area contributed by atoms with Crippen molar-refractivity contribution in [2.45, 2.75) is 12.8 Å². The average Bonchev–Trinajstić information content (AvgIpc) is 2.90. The van der Waals surface area contributed by atoms with Crippen LogP contribution in [0.15, 0.2) is 54.6 Å². The van der Waals surface area contributed by atoms with Crippen molar-refractivity contribution in [2.24, 2.45) is 0 Å². The number of carbonyl (C=O) groups is 2. The van der Waals surface area contributed by atoms with Gasteiger partial charge < -0.3 is 4.74 Å². The molecule has 0 radical (unpaired) electrons. The quantitative estimate of drug-likeness (QED) is 0.506. The number of imide groups is 1. The normalized spacial score (nSPS) is 13.2. The molecule has 2 amide bonds. The monoisotopic (exact) mass is 355 g/mol. The Bertz CT molecular complexity index is 698. The molecule has 3 rings (SSSR count). The van der Waals surface area contributed by atoms with E-state index < -0.39 is 0 Å². The Kier molecular flexibility index (Phi) is 6.12. The van der Waals surface area contributed by atoms with Crippen molar-refractivity contribution >= 4 is 23.6 Å². The van der Waals surface area contributed by atoms with Gasteiger partial charge in [-0.1, -0.05) is 30.3 Å². The van der Waals surface area contributed by atoms with Crippen molar-refractivity contribution in [2.75, 3.05) is 24.7 Å². The first-order chi connectivity index (χ1) is 12.3. The zero-order valence-electron chi connectivity index (χ0n) is 14.0. The van der Waals surface area contributed by atoms with E-state index in [0.29, 0.717) is 24.3 Å². The van der Waals surface area contributed by atoms with E-state index >= 15 is 0 Å². The van der Waals surface area contributed by atoms with Gasteiger partial charge in [0, 0.05) is 6.54 Å². The Morgan fingerprint density at radius 1 is 0.800 bits per heavy atom. The molecule has 0 fully saturated rings. The van der Waals surface area contributed by atoms with E-state index in [2.05, 4.69) is 0 Å². The van der Waals surface area contributed by atoms with E-state index in [9.17, 15) is 9.59 Å². The van der Waals surface area contributed by atoms with E-state index in [1.165, 1.54) is 4.90 Å². The van der Waals surface area contributed by atoms with Gasteiger partial charge >= 0.3 is 0 Å². The predicted molar refractivity (Wildman–Crippen MR) is 100 cm³/mol. The summed E-state index contributed by atoms with van der Waals surface area (Å²) < 4.78 is 5.65. The summed E-state index contributed by atoms with van der Waals surface area (Å²) in [6, 6.07) is 16.8. The summed E-state index contributed by atoms with van der Waals surface area (Å²) in [6.45, 7) is 1.19. The number of rotatable bonds is 9. The molecule has 4 nitrogen and oxygen atoms in total. The fraction of sp³-hybridized carbons (Fsp3) is 0.300. The molecule has 2 aromatic carbocycles. The van der Waals surface area contributed by atoms with Crippen LogP contribution in [0, 0.1) is 0 Å². The molecule has 0 aromatic heterocycles. The minimum absolute atomic E-state index is 0.165. The third kappa shape index (κ3) is 4.42. The van der Waals surface area contributed by atoms with Crippen LogP contribution in [0.1, 0.15) is 33.6 Å². The van der Waals surface area contributed by atoms with Crippen molar-refractivity contribution in [1.29, 1.82) is 0 Å². The first-order valence-corrected chi connectivity index (χ1v) is 9.63. The van der Waals surface area contributed by atoms with E-state index in [4.69, 9.17) is 4.74 Å². The predicted octanol–water partition coefficient (Wildman–Crippen LogP) is 3.88. The molecule has 5 heteroatoms. The number of para-hydroxylation sites is 1. The second-order valence-electron chi connectivity index (χ2n) is 5.79. The molecule has 1 heterocycles. The fourth-order valence-electron chi connectivity index (χ4n) is 2.74. The van der Waals surface area contributed by atoms with Gasteiger partial charge in [0.1, 0.15) is 5.75 Å². The minimum Gasteiger partial charge on any atom is -0.494 e. The third-order valence-electron chi connectivity index (χ3n) is 3.99. The zero-order chi connectivity index (χ0) is 17.5. The Morgan fingerprint density at radius 3 is 2.08 bits per heavy atom. The van der Waals surface area contributed by atoms with Crippen LogP contribution in [0.5, 0.6) is 5.75 Å². The van der Waals surface area contributed by atoms with Crippen LogP contribution in [-0.2, 0) is 0 Å². The highest BCUT2D eigenvalue weighted by atomic mass is 32.2. The van der Waals surface area contributed by atoms with Gasteiger partial charge in [0.25, 0.3) is 11.8 Å². The lowest BCUT2D eigenvalue weighted by Crippen LogP contribution is -2.31. The molecule has 130 valence electrons. The summed E-state index contributed by atoms with van der Waals surface area (Å²) >= 11 is 1.83. The van der Waals surface area contributed by atoms with E-state index in [-0.39, 0.29) is 11.8 Å². The Balaban J connectivity index is 1.29. The highest BCUT2D eigenvalue weighted by Crippen LogP contribution is 2.22. The molecule has 0 N–H and O–H groups in total. The molecule has 0 spiro atoms. The maximum Gasteiger partial charge on any atom is 0.261 e. The third-order valence-corrected chi connectivity index (χ3v) is 5.15. The summed E-state index contributed by atoms with van der Waals surface area (Å²) in [7, 11) is 0. The average molecular weight is 355 g/mol. The highest BCUT2D eigenvalue weighted by molar-refractivity contribution is 7.99. The standard InChI is InChI=1S/C20H21NO3S/c22-19-17-10-4-5-11-18(17)20(23)21(19)12-6-14-25-15-7-13-24-16-8-2-1-3-9-16/h1-5,8-11H,6-7,12-15H2. The lowest BCUT2D eigenvalue weighted by molar-refractivity contribution is 0.0655. The van der Waals surface area contributed by atoms with E-state index in [1.807, 2.05) is 42.1 Å². The van der Waals surface area contributed by atoms with Crippen LogP contribution >= 0.6 is 11.8 Å². The van der Waals surface area contributed by atoms with Crippen molar-refractivity contribution in [3.8, 4) is 5.75 Å². The molecule has 0 atom stereocenters. The van der Waals surface area contributed by atoms with Gasteiger partial charge in [-0.15, -0.1) is 0 Å². The molecule has 0 saturated carbocycles. The molecule has 0 unspecified atom stereocenters. The zero-order valence-corrected chi connectivity index (χ0v) is 14.8. The molecule has 0 aliphatic carbocycles. The second-order valence-corrected chi connectivity index (χ2v) is 7.01. The molecule has 2 aromatic rings. The van der Waals surface area contributed by atoms with E-state index in [0.717, 1.165) is 30.1 Å².